The van der Waals surface area contributed by atoms with Crippen LogP contribution in [-0.2, 0) is 5.41 Å². The van der Waals surface area contributed by atoms with E-state index in [1.807, 2.05) is 44.4 Å². The standard InChI is InChI=1S/C21H26N6/c1-21(2,3)17-8-6-7-9-18(17)24-20-25-19(14-22-26-20)23-15-10-12-16(13-11-15)27(4)5/h6-14H,1-5H3,(H2,23,24,25,26). The fraction of sp³-hybridized carbons (Fsp3) is 0.286. The average Bonchev–Trinajstić information content (AvgIpc) is 2.62. The highest BCUT2D eigenvalue weighted by atomic mass is 15.3. The van der Waals surface area contributed by atoms with Crippen molar-refractivity contribution in [2.24, 2.45) is 0 Å². The van der Waals surface area contributed by atoms with Gasteiger partial charge in [-0.2, -0.15) is 10.1 Å². The molecule has 0 fully saturated rings. The molecule has 0 saturated heterocycles. The number of hydrogen-bond acceptors (Lipinski definition) is 6. The number of hydrogen-bond donors (Lipinski definition) is 2. The monoisotopic (exact) mass is 362 g/mol. The summed E-state index contributed by atoms with van der Waals surface area (Å²) in [5.41, 5.74) is 4.29. The van der Waals surface area contributed by atoms with Gasteiger partial charge in [0.2, 0.25) is 5.95 Å². The first-order chi connectivity index (χ1) is 12.8. The molecule has 3 rings (SSSR count). The molecule has 0 aliphatic rings. The van der Waals surface area contributed by atoms with Crippen molar-refractivity contribution < 1.29 is 0 Å². The van der Waals surface area contributed by atoms with E-state index >= 15 is 0 Å². The van der Waals surface area contributed by atoms with Gasteiger partial charge >= 0.3 is 0 Å². The maximum Gasteiger partial charge on any atom is 0.249 e. The van der Waals surface area contributed by atoms with Gasteiger partial charge in [0, 0.05) is 31.2 Å². The quantitative estimate of drug-likeness (QED) is 0.684. The highest BCUT2D eigenvalue weighted by Crippen LogP contribution is 2.30. The summed E-state index contributed by atoms with van der Waals surface area (Å²) in [6.45, 7) is 6.55. The predicted octanol–water partition coefficient (Wildman–Crippen LogP) is 4.72. The number of benzene rings is 2. The Morgan fingerprint density at radius 1 is 0.889 bits per heavy atom. The Kier molecular flexibility index (Phi) is 5.26. The number of para-hydroxylation sites is 1. The van der Waals surface area contributed by atoms with E-state index < -0.39 is 0 Å². The molecule has 0 saturated carbocycles. The predicted molar refractivity (Wildman–Crippen MR) is 112 cm³/mol. The minimum absolute atomic E-state index is 0.0149. The van der Waals surface area contributed by atoms with Crippen molar-refractivity contribution in [1.29, 1.82) is 0 Å². The zero-order chi connectivity index (χ0) is 19.4. The van der Waals surface area contributed by atoms with Crippen molar-refractivity contribution in [2.75, 3.05) is 29.6 Å². The molecule has 6 heteroatoms. The van der Waals surface area contributed by atoms with Crippen LogP contribution in [0, 0.1) is 0 Å². The van der Waals surface area contributed by atoms with Gasteiger partial charge in [-0.1, -0.05) is 39.0 Å². The highest BCUT2D eigenvalue weighted by Gasteiger charge is 2.18. The van der Waals surface area contributed by atoms with Gasteiger partial charge in [0.1, 0.15) is 0 Å². The number of nitrogens with zero attached hydrogens (tertiary/aromatic N) is 4. The minimum atomic E-state index is 0.0149. The first kappa shape index (κ1) is 18.6. The maximum absolute atomic E-state index is 4.54. The third-order valence-electron chi connectivity index (χ3n) is 4.20. The fourth-order valence-corrected chi connectivity index (χ4v) is 2.77. The van der Waals surface area contributed by atoms with E-state index in [1.165, 1.54) is 5.56 Å². The first-order valence-electron chi connectivity index (χ1n) is 8.93. The lowest BCUT2D eigenvalue weighted by atomic mass is 9.86. The van der Waals surface area contributed by atoms with Crippen LogP contribution in [0.3, 0.4) is 0 Å². The van der Waals surface area contributed by atoms with Crippen molar-refractivity contribution in [2.45, 2.75) is 26.2 Å². The lowest BCUT2D eigenvalue weighted by molar-refractivity contribution is 0.592. The Hall–Kier alpha value is -3.15. The van der Waals surface area contributed by atoms with Crippen LogP contribution < -0.4 is 15.5 Å². The summed E-state index contributed by atoms with van der Waals surface area (Å²) in [5, 5.41) is 14.8. The molecule has 6 nitrogen and oxygen atoms in total. The molecule has 0 unspecified atom stereocenters. The van der Waals surface area contributed by atoms with E-state index in [0.717, 1.165) is 17.1 Å². The third kappa shape index (κ3) is 4.73. The van der Waals surface area contributed by atoms with Crippen LogP contribution in [0.5, 0.6) is 0 Å². The van der Waals surface area contributed by atoms with E-state index in [1.54, 1.807) is 6.20 Å². The van der Waals surface area contributed by atoms with Gasteiger partial charge in [-0.25, -0.2) is 0 Å². The normalized spacial score (nSPS) is 11.1. The molecule has 1 heterocycles. The first-order valence-corrected chi connectivity index (χ1v) is 8.93. The molecule has 140 valence electrons. The molecule has 1 aromatic heterocycles. The lowest BCUT2D eigenvalue weighted by Gasteiger charge is -2.22. The molecular weight excluding hydrogens is 336 g/mol. The minimum Gasteiger partial charge on any atom is -0.378 e. The number of anilines is 5. The Morgan fingerprint density at radius 3 is 2.26 bits per heavy atom. The molecule has 0 aliphatic carbocycles. The van der Waals surface area contributed by atoms with E-state index in [0.29, 0.717) is 11.8 Å². The summed E-state index contributed by atoms with van der Waals surface area (Å²) >= 11 is 0. The van der Waals surface area contributed by atoms with Gasteiger partial charge in [0.25, 0.3) is 0 Å². The summed E-state index contributed by atoms with van der Waals surface area (Å²) in [6, 6.07) is 16.3. The number of rotatable bonds is 5. The molecule has 0 amide bonds. The van der Waals surface area contributed by atoms with Crippen molar-refractivity contribution >= 4 is 28.8 Å². The second-order valence-electron chi connectivity index (χ2n) is 7.65. The summed E-state index contributed by atoms with van der Waals surface area (Å²) in [7, 11) is 4.04. The highest BCUT2D eigenvalue weighted by molar-refractivity contribution is 5.63. The molecule has 2 aromatic carbocycles. The molecule has 0 spiro atoms. The molecular formula is C21H26N6. The van der Waals surface area contributed by atoms with E-state index in [9.17, 15) is 0 Å². The Morgan fingerprint density at radius 2 is 1.59 bits per heavy atom. The van der Waals surface area contributed by atoms with Gasteiger partial charge < -0.3 is 15.5 Å². The van der Waals surface area contributed by atoms with Crippen LogP contribution >= 0.6 is 0 Å². The van der Waals surface area contributed by atoms with Crippen molar-refractivity contribution in [3.8, 4) is 0 Å². The van der Waals surface area contributed by atoms with Gasteiger partial charge in [0.05, 0.1) is 6.20 Å². The number of nitrogens with one attached hydrogen (secondary N) is 2. The van der Waals surface area contributed by atoms with E-state index in [2.05, 4.69) is 69.7 Å². The molecule has 2 N–H and O–H groups in total. The topological polar surface area (TPSA) is 66.0 Å². The Bertz CT molecular complexity index is 897. The van der Waals surface area contributed by atoms with Crippen molar-refractivity contribution in [1.82, 2.24) is 15.2 Å². The Balaban J connectivity index is 1.79. The zero-order valence-electron chi connectivity index (χ0n) is 16.5. The largest absolute Gasteiger partial charge is 0.378 e. The molecule has 0 aliphatic heterocycles. The Labute approximate surface area is 160 Å². The molecule has 0 bridgehead atoms. The maximum atomic E-state index is 4.54. The fourth-order valence-electron chi connectivity index (χ4n) is 2.77. The zero-order valence-corrected chi connectivity index (χ0v) is 16.5. The third-order valence-corrected chi connectivity index (χ3v) is 4.20. The second-order valence-corrected chi connectivity index (χ2v) is 7.65. The van der Waals surface area contributed by atoms with Gasteiger partial charge in [-0.05, 0) is 41.3 Å². The summed E-state index contributed by atoms with van der Waals surface area (Å²) in [5.74, 6) is 1.10. The molecule has 3 aromatic rings. The van der Waals surface area contributed by atoms with Crippen LogP contribution in [0.25, 0.3) is 0 Å². The number of aromatic nitrogens is 3. The van der Waals surface area contributed by atoms with E-state index in [4.69, 9.17) is 0 Å². The van der Waals surface area contributed by atoms with Gasteiger partial charge in [0.15, 0.2) is 5.82 Å². The van der Waals surface area contributed by atoms with E-state index in [-0.39, 0.29) is 5.41 Å². The lowest BCUT2D eigenvalue weighted by Crippen LogP contribution is -2.14. The van der Waals surface area contributed by atoms with Crippen LogP contribution in [0.2, 0.25) is 0 Å². The second kappa shape index (κ2) is 7.61. The van der Waals surface area contributed by atoms with Gasteiger partial charge in [-0.3, -0.25) is 0 Å². The van der Waals surface area contributed by atoms with Crippen LogP contribution in [-0.4, -0.2) is 29.3 Å². The molecule has 27 heavy (non-hydrogen) atoms. The van der Waals surface area contributed by atoms with Crippen LogP contribution in [0.1, 0.15) is 26.3 Å². The van der Waals surface area contributed by atoms with Crippen molar-refractivity contribution in [3.63, 3.8) is 0 Å². The average molecular weight is 362 g/mol. The molecule has 0 atom stereocenters. The van der Waals surface area contributed by atoms with Crippen molar-refractivity contribution in [3.05, 3.63) is 60.3 Å². The smallest absolute Gasteiger partial charge is 0.249 e. The van der Waals surface area contributed by atoms with Crippen LogP contribution in [0.15, 0.2) is 54.7 Å². The summed E-state index contributed by atoms with van der Waals surface area (Å²) in [4.78, 5) is 6.60. The summed E-state index contributed by atoms with van der Waals surface area (Å²) in [6.07, 6.45) is 1.61. The van der Waals surface area contributed by atoms with Crippen LogP contribution in [0.4, 0.5) is 28.8 Å². The molecule has 0 radical (unpaired) electrons. The van der Waals surface area contributed by atoms with Gasteiger partial charge in [-0.15, -0.1) is 5.10 Å². The summed E-state index contributed by atoms with van der Waals surface area (Å²) < 4.78 is 0. The SMILES string of the molecule is CN(C)c1ccc(Nc2cnnc(Nc3ccccc3C(C)(C)C)n2)cc1.